The third-order valence-corrected chi connectivity index (χ3v) is 6.31. The van der Waals surface area contributed by atoms with E-state index in [0.29, 0.717) is 27.3 Å². The highest BCUT2D eigenvalue weighted by Crippen LogP contribution is 2.26. The van der Waals surface area contributed by atoms with E-state index in [-0.39, 0.29) is 4.90 Å². The van der Waals surface area contributed by atoms with Crippen LogP contribution in [0.15, 0.2) is 98.6 Å². The molecule has 4 aromatic carbocycles. The highest BCUT2D eigenvalue weighted by Gasteiger charge is 2.16. The minimum absolute atomic E-state index is 0.168. The van der Waals surface area contributed by atoms with Crippen LogP contribution in [0, 0.1) is 6.92 Å². The van der Waals surface area contributed by atoms with Crippen LogP contribution in [-0.2, 0) is 10.0 Å². The van der Waals surface area contributed by atoms with Gasteiger partial charge in [0.15, 0.2) is 0 Å². The number of para-hydroxylation sites is 1. The first-order valence-corrected chi connectivity index (χ1v) is 10.7. The molecule has 1 heterocycles. The van der Waals surface area contributed by atoms with Crippen LogP contribution in [0.3, 0.4) is 0 Å². The van der Waals surface area contributed by atoms with Crippen LogP contribution in [0.5, 0.6) is 0 Å². The predicted octanol–water partition coefficient (Wildman–Crippen LogP) is 5.34. The summed E-state index contributed by atoms with van der Waals surface area (Å²) in [6.07, 6.45) is 0. The lowest BCUT2D eigenvalue weighted by Crippen LogP contribution is -2.11. The van der Waals surface area contributed by atoms with Gasteiger partial charge < -0.3 is 4.42 Å². The smallest absolute Gasteiger partial charge is 0.282 e. The van der Waals surface area contributed by atoms with Crippen LogP contribution in [-0.4, -0.2) is 8.42 Å². The molecule has 0 aliphatic rings. The monoisotopic (exact) mass is 399 g/mol. The number of hydrogen-bond donors (Lipinski definition) is 0. The average molecular weight is 399 g/mol. The molecular weight excluding hydrogens is 382 g/mol. The van der Waals surface area contributed by atoms with E-state index in [1.807, 2.05) is 67.6 Å². The number of sulfonamides is 1. The average Bonchev–Trinajstić information content (AvgIpc) is 2.73. The van der Waals surface area contributed by atoms with Gasteiger partial charge in [0, 0.05) is 5.39 Å². The van der Waals surface area contributed by atoms with Gasteiger partial charge >= 0.3 is 0 Å². The summed E-state index contributed by atoms with van der Waals surface area (Å²) < 4.78 is 36.7. The molecule has 0 N–H and O–H groups in total. The molecule has 0 atom stereocenters. The zero-order valence-corrected chi connectivity index (χ0v) is 16.5. The molecule has 5 aromatic rings. The maximum Gasteiger partial charge on any atom is 0.282 e. The Kier molecular flexibility index (Phi) is 4.00. The van der Waals surface area contributed by atoms with Crippen molar-refractivity contribution in [1.29, 1.82) is 0 Å². The van der Waals surface area contributed by atoms with Gasteiger partial charge in [-0.2, -0.15) is 12.8 Å². The normalized spacial score (nSPS) is 12.8. The lowest BCUT2D eigenvalue weighted by Gasteiger charge is -2.08. The zero-order valence-electron chi connectivity index (χ0n) is 15.7. The van der Waals surface area contributed by atoms with E-state index >= 15 is 0 Å². The summed E-state index contributed by atoms with van der Waals surface area (Å²) in [7, 11) is -3.90. The van der Waals surface area contributed by atoms with Gasteiger partial charge in [-0.05, 0) is 48.0 Å². The number of rotatable bonds is 2. The van der Waals surface area contributed by atoms with Crippen LogP contribution < -0.4 is 5.36 Å². The number of aryl methyl sites for hydroxylation is 1. The maximum absolute atomic E-state index is 13.1. The molecule has 0 aliphatic carbocycles. The molecule has 5 heteroatoms. The Bertz CT molecular complexity index is 1560. The van der Waals surface area contributed by atoms with Gasteiger partial charge in [-0.15, -0.1) is 0 Å². The third kappa shape index (κ3) is 3.00. The summed E-state index contributed by atoms with van der Waals surface area (Å²) in [6, 6.07) is 25.7. The highest BCUT2D eigenvalue weighted by atomic mass is 32.2. The summed E-state index contributed by atoms with van der Waals surface area (Å²) in [5, 5.41) is 3.65. The summed E-state index contributed by atoms with van der Waals surface area (Å²) in [5.41, 5.74) is 2.18. The van der Waals surface area contributed by atoms with Crippen LogP contribution >= 0.6 is 0 Å². The van der Waals surface area contributed by atoms with Crippen molar-refractivity contribution >= 4 is 42.7 Å². The largest absolute Gasteiger partial charge is 0.456 e. The Morgan fingerprint density at radius 2 is 1.41 bits per heavy atom. The Balaban J connectivity index is 1.98. The summed E-state index contributed by atoms with van der Waals surface area (Å²) >= 11 is 0. The second-order valence-electron chi connectivity index (χ2n) is 6.99. The SMILES string of the molecule is Cc1ccc(S(=O)(=O)/N=c2\c3ccccc3oc3ccc4ccccc4c23)cc1. The second-order valence-corrected chi connectivity index (χ2v) is 8.59. The number of fused-ring (bicyclic) bond motifs is 4. The molecule has 0 unspecified atom stereocenters. The van der Waals surface area contributed by atoms with Gasteiger partial charge in [0.25, 0.3) is 10.0 Å². The molecule has 142 valence electrons. The number of nitrogens with zero attached hydrogens (tertiary/aromatic N) is 1. The van der Waals surface area contributed by atoms with Gasteiger partial charge in [0.1, 0.15) is 11.2 Å². The number of benzene rings is 4. The fourth-order valence-corrected chi connectivity index (χ4v) is 4.58. The first kappa shape index (κ1) is 17.6. The Labute approximate surface area is 167 Å². The molecule has 0 aliphatic heterocycles. The summed E-state index contributed by atoms with van der Waals surface area (Å²) in [4.78, 5) is 0.168. The zero-order chi connectivity index (χ0) is 20.0. The lowest BCUT2D eigenvalue weighted by atomic mass is 10.0. The Morgan fingerprint density at radius 3 is 2.21 bits per heavy atom. The van der Waals surface area contributed by atoms with E-state index in [9.17, 15) is 8.42 Å². The molecule has 0 saturated carbocycles. The van der Waals surface area contributed by atoms with Crippen LogP contribution in [0.1, 0.15) is 5.56 Å². The molecule has 1 aromatic heterocycles. The van der Waals surface area contributed by atoms with Gasteiger partial charge in [-0.1, -0.05) is 60.2 Å². The van der Waals surface area contributed by atoms with Crippen LogP contribution in [0.25, 0.3) is 32.7 Å². The van der Waals surface area contributed by atoms with E-state index in [4.69, 9.17) is 4.42 Å². The fourth-order valence-electron chi connectivity index (χ4n) is 3.56. The minimum atomic E-state index is -3.90. The first-order chi connectivity index (χ1) is 14.0. The second kappa shape index (κ2) is 6.57. The van der Waals surface area contributed by atoms with Crippen LogP contribution in [0.2, 0.25) is 0 Å². The molecule has 29 heavy (non-hydrogen) atoms. The molecule has 0 fully saturated rings. The number of hydrogen-bond acceptors (Lipinski definition) is 3. The highest BCUT2D eigenvalue weighted by molar-refractivity contribution is 7.90. The van der Waals surface area contributed by atoms with E-state index in [1.54, 1.807) is 24.3 Å². The van der Waals surface area contributed by atoms with Crippen molar-refractivity contribution in [1.82, 2.24) is 0 Å². The Hall–Kier alpha value is -3.44. The minimum Gasteiger partial charge on any atom is -0.456 e. The molecule has 0 amide bonds. The van der Waals surface area contributed by atoms with Gasteiger partial charge in [0.2, 0.25) is 0 Å². The van der Waals surface area contributed by atoms with Gasteiger partial charge in [-0.3, -0.25) is 0 Å². The molecule has 0 spiro atoms. The van der Waals surface area contributed by atoms with E-state index in [0.717, 1.165) is 16.3 Å². The predicted molar refractivity (Wildman–Crippen MR) is 115 cm³/mol. The van der Waals surface area contributed by atoms with Gasteiger partial charge in [0.05, 0.1) is 15.6 Å². The fraction of sp³-hybridized carbons (Fsp3) is 0.0417. The topological polar surface area (TPSA) is 59.6 Å². The first-order valence-electron chi connectivity index (χ1n) is 9.24. The Morgan fingerprint density at radius 1 is 0.724 bits per heavy atom. The quantitative estimate of drug-likeness (QED) is 0.297. The summed E-state index contributed by atoms with van der Waals surface area (Å²) in [6.45, 7) is 1.92. The van der Waals surface area contributed by atoms with Crippen molar-refractivity contribution < 1.29 is 12.8 Å². The van der Waals surface area contributed by atoms with Gasteiger partial charge in [-0.25, -0.2) is 0 Å². The third-order valence-electron chi connectivity index (χ3n) is 5.02. The van der Waals surface area contributed by atoms with E-state index in [2.05, 4.69) is 4.40 Å². The van der Waals surface area contributed by atoms with Crippen molar-refractivity contribution in [3.63, 3.8) is 0 Å². The standard InChI is InChI=1S/C24H17NO3S/c1-16-10-13-18(14-11-16)29(26,27)25-24-20-8-4-5-9-21(20)28-22-15-12-17-6-2-3-7-19(17)23(22)24/h2-15H,1H3/b25-24+. The summed E-state index contributed by atoms with van der Waals surface area (Å²) in [5.74, 6) is 0. The molecule has 5 rings (SSSR count). The van der Waals surface area contributed by atoms with Crippen molar-refractivity contribution in [2.45, 2.75) is 11.8 Å². The van der Waals surface area contributed by atoms with Crippen molar-refractivity contribution in [3.8, 4) is 0 Å². The van der Waals surface area contributed by atoms with Crippen LogP contribution in [0.4, 0.5) is 0 Å². The molecular formula is C24H17NO3S. The molecule has 0 radical (unpaired) electrons. The lowest BCUT2D eigenvalue weighted by molar-refractivity contribution is 0.597. The van der Waals surface area contributed by atoms with E-state index in [1.165, 1.54) is 0 Å². The van der Waals surface area contributed by atoms with Crippen molar-refractivity contribution in [3.05, 3.63) is 95.8 Å². The van der Waals surface area contributed by atoms with Crippen molar-refractivity contribution in [2.24, 2.45) is 4.40 Å². The van der Waals surface area contributed by atoms with E-state index < -0.39 is 10.0 Å². The van der Waals surface area contributed by atoms with Crippen molar-refractivity contribution in [2.75, 3.05) is 0 Å². The molecule has 0 bridgehead atoms. The maximum atomic E-state index is 13.1. The molecule has 4 nitrogen and oxygen atoms in total. The molecule has 0 saturated heterocycles.